The molecule has 5 rings (SSSR count). The van der Waals surface area contributed by atoms with Crippen LogP contribution in [0.1, 0.15) is 23.7 Å². The lowest BCUT2D eigenvalue weighted by molar-refractivity contribution is 0.00721. The first-order chi connectivity index (χ1) is 16.4. The van der Waals surface area contributed by atoms with Crippen molar-refractivity contribution < 1.29 is 19.3 Å². The van der Waals surface area contributed by atoms with Crippen molar-refractivity contribution in [2.45, 2.75) is 31.1 Å². The van der Waals surface area contributed by atoms with E-state index in [9.17, 15) is 14.6 Å². The minimum atomic E-state index is -1.000. The minimum Gasteiger partial charge on any atom is -0.494 e. The Bertz CT molecular complexity index is 1310. The van der Waals surface area contributed by atoms with Crippen LogP contribution in [0, 0.1) is 5.82 Å². The predicted molar refractivity (Wildman–Crippen MR) is 123 cm³/mol. The van der Waals surface area contributed by atoms with Gasteiger partial charge < -0.3 is 24.8 Å². The van der Waals surface area contributed by atoms with Gasteiger partial charge >= 0.3 is 0 Å². The first kappa shape index (κ1) is 22.3. The molecule has 0 amide bonds. The lowest BCUT2D eigenvalue weighted by Gasteiger charge is -2.18. The summed E-state index contributed by atoms with van der Waals surface area (Å²) in [6, 6.07) is 11.5. The third kappa shape index (κ3) is 4.35. The van der Waals surface area contributed by atoms with Gasteiger partial charge in [0.25, 0.3) is 0 Å². The van der Waals surface area contributed by atoms with Crippen molar-refractivity contribution >= 4 is 23.2 Å². The molecular weight excluding hydrogens is 463 g/mol. The highest BCUT2D eigenvalue weighted by Gasteiger charge is 2.33. The molecule has 2 aromatic heterocycles. The second-order valence-electron chi connectivity index (χ2n) is 8.07. The van der Waals surface area contributed by atoms with Crippen molar-refractivity contribution in [2.24, 2.45) is 0 Å². The summed E-state index contributed by atoms with van der Waals surface area (Å²) in [5.41, 5.74) is 2.22. The van der Waals surface area contributed by atoms with Gasteiger partial charge in [0.05, 0.1) is 31.5 Å². The van der Waals surface area contributed by atoms with Crippen LogP contribution in [0.2, 0.25) is 5.15 Å². The molecule has 2 aromatic carbocycles. The normalized spacial score (nSPS) is 20.0. The molecule has 0 radical (unpaired) electrons. The summed E-state index contributed by atoms with van der Waals surface area (Å²) >= 11 is 5.93. The summed E-state index contributed by atoms with van der Waals surface area (Å²) in [5.74, 6) is 0.769. The number of anilines is 2. The third-order valence-corrected chi connectivity index (χ3v) is 6.03. The molecule has 3 heterocycles. The van der Waals surface area contributed by atoms with E-state index in [0.29, 0.717) is 28.4 Å². The Morgan fingerprint density at radius 2 is 1.94 bits per heavy atom. The Balaban J connectivity index is 1.46. The van der Waals surface area contributed by atoms with Crippen molar-refractivity contribution in [1.29, 1.82) is 0 Å². The van der Waals surface area contributed by atoms with E-state index in [2.05, 4.69) is 20.4 Å². The van der Waals surface area contributed by atoms with Crippen LogP contribution >= 0.6 is 11.6 Å². The van der Waals surface area contributed by atoms with Gasteiger partial charge in [0, 0.05) is 23.9 Å². The van der Waals surface area contributed by atoms with E-state index in [-0.39, 0.29) is 24.7 Å². The van der Waals surface area contributed by atoms with Crippen LogP contribution in [0.25, 0.3) is 5.69 Å². The van der Waals surface area contributed by atoms with Gasteiger partial charge in [0.15, 0.2) is 0 Å². The van der Waals surface area contributed by atoms with Crippen molar-refractivity contribution in [1.82, 2.24) is 24.3 Å². The molecular formula is C23H22ClFN6O3. The van der Waals surface area contributed by atoms with Crippen LogP contribution in [0.15, 0.2) is 55.0 Å². The Morgan fingerprint density at radius 3 is 2.65 bits per heavy atom. The molecule has 4 aromatic rings. The first-order valence-electron chi connectivity index (χ1n) is 10.6. The molecule has 9 nitrogen and oxygen atoms in total. The topological polar surface area (TPSA) is 110 Å². The number of nitrogens with zero attached hydrogens (tertiary/aromatic N) is 5. The van der Waals surface area contributed by atoms with Gasteiger partial charge in [-0.2, -0.15) is 4.98 Å². The maximum atomic E-state index is 13.5. The average molecular weight is 485 g/mol. The van der Waals surface area contributed by atoms with Crippen molar-refractivity contribution in [3.05, 3.63) is 77.3 Å². The zero-order valence-electron chi connectivity index (χ0n) is 18.1. The highest BCUT2D eigenvalue weighted by molar-refractivity contribution is 6.29. The molecule has 11 heteroatoms. The fourth-order valence-corrected chi connectivity index (χ4v) is 4.26. The quantitative estimate of drug-likeness (QED) is 0.399. The summed E-state index contributed by atoms with van der Waals surface area (Å²) < 4.78 is 22.3. The van der Waals surface area contributed by atoms with E-state index in [1.807, 2.05) is 12.1 Å². The zero-order valence-corrected chi connectivity index (χ0v) is 18.9. The van der Waals surface area contributed by atoms with Gasteiger partial charge in [0.2, 0.25) is 5.95 Å². The van der Waals surface area contributed by atoms with E-state index in [4.69, 9.17) is 16.3 Å². The van der Waals surface area contributed by atoms with Crippen LogP contribution in [-0.2, 0) is 6.54 Å². The second-order valence-corrected chi connectivity index (χ2v) is 8.45. The molecule has 3 N–H and O–H groups in total. The van der Waals surface area contributed by atoms with Crippen LogP contribution in [-0.4, -0.2) is 53.8 Å². The minimum absolute atomic E-state index is 0.0898. The monoisotopic (exact) mass is 484 g/mol. The van der Waals surface area contributed by atoms with Gasteiger partial charge in [-0.25, -0.2) is 14.1 Å². The van der Waals surface area contributed by atoms with Crippen LogP contribution < -0.4 is 10.1 Å². The van der Waals surface area contributed by atoms with Crippen molar-refractivity contribution in [3.8, 4) is 11.4 Å². The van der Waals surface area contributed by atoms with E-state index < -0.39 is 12.2 Å². The largest absolute Gasteiger partial charge is 0.494 e. The van der Waals surface area contributed by atoms with Crippen LogP contribution in [0.4, 0.5) is 16.0 Å². The molecule has 0 aliphatic carbocycles. The molecule has 3 atom stereocenters. The Morgan fingerprint density at radius 1 is 1.15 bits per heavy atom. The predicted octanol–water partition coefficient (Wildman–Crippen LogP) is 3.27. The van der Waals surface area contributed by atoms with Gasteiger partial charge in [0.1, 0.15) is 28.9 Å². The Kier molecular flexibility index (Phi) is 5.94. The number of benzene rings is 2. The van der Waals surface area contributed by atoms with Gasteiger partial charge in [-0.1, -0.05) is 23.7 Å². The van der Waals surface area contributed by atoms with Gasteiger partial charge in [-0.05, 0) is 36.2 Å². The summed E-state index contributed by atoms with van der Waals surface area (Å²) in [6.07, 6.45) is 1.55. The number of aliphatic hydroxyl groups is 2. The van der Waals surface area contributed by atoms with Crippen LogP contribution in [0.3, 0.4) is 0 Å². The standard InChI is InChI=1S/C23H22ClFN6O3/c1-34-20-8-15(6-7-17(20)30-11-21(24)26-12-30)27-23-28-22-16(13-2-4-14(25)5-3-13)9-18(32)19(33)10-31(22)29-23/h2-8,11-12,16,18-19,32-33H,9-10H2,1H3,(H,27,29)/t16-,18-,19+/m0/s1. The SMILES string of the molecule is COc1cc(Nc2nc3n(n2)C[C@@H](O)[C@@H](O)C[C@H]3c2ccc(F)cc2)ccc1-n1cnc(Cl)c1. The number of methoxy groups -OCH3 is 1. The number of hydrogen-bond acceptors (Lipinski definition) is 7. The van der Waals surface area contributed by atoms with E-state index >= 15 is 0 Å². The molecule has 1 aliphatic heterocycles. The number of aliphatic hydroxyl groups excluding tert-OH is 2. The number of aromatic nitrogens is 5. The van der Waals surface area contributed by atoms with Gasteiger partial charge in [-0.3, -0.25) is 0 Å². The lowest BCUT2D eigenvalue weighted by atomic mass is 9.92. The first-order valence-corrected chi connectivity index (χ1v) is 11.0. The number of nitrogens with one attached hydrogen (secondary N) is 1. The Labute approximate surface area is 199 Å². The molecule has 0 spiro atoms. The van der Waals surface area contributed by atoms with Crippen molar-refractivity contribution in [2.75, 3.05) is 12.4 Å². The molecule has 0 saturated heterocycles. The fraction of sp³-hybridized carbons (Fsp3) is 0.261. The average Bonchev–Trinajstić information content (AvgIpc) is 3.41. The number of hydrogen-bond donors (Lipinski definition) is 3. The highest BCUT2D eigenvalue weighted by atomic mass is 35.5. The number of halogens is 2. The summed E-state index contributed by atoms with van der Waals surface area (Å²) in [4.78, 5) is 8.67. The van der Waals surface area contributed by atoms with Gasteiger partial charge in [-0.15, -0.1) is 5.10 Å². The molecule has 34 heavy (non-hydrogen) atoms. The number of imidazole rings is 1. The lowest BCUT2D eigenvalue weighted by Crippen LogP contribution is -2.29. The van der Waals surface area contributed by atoms with E-state index in [0.717, 1.165) is 11.3 Å². The zero-order chi connectivity index (χ0) is 23.8. The number of ether oxygens (including phenoxy) is 1. The highest BCUT2D eigenvalue weighted by Crippen LogP contribution is 2.34. The molecule has 1 aliphatic rings. The molecule has 0 bridgehead atoms. The third-order valence-electron chi connectivity index (χ3n) is 5.83. The number of fused-ring (bicyclic) bond motifs is 1. The van der Waals surface area contributed by atoms with E-state index in [1.165, 1.54) is 12.1 Å². The van der Waals surface area contributed by atoms with E-state index in [1.54, 1.807) is 47.1 Å². The Hall–Kier alpha value is -3.47. The molecule has 0 unspecified atom stereocenters. The van der Waals surface area contributed by atoms with Crippen LogP contribution in [0.5, 0.6) is 5.75 Å². The molecule has 0 fully saturated rings. The second kappa shape index (κ2) is 9.05. The smallest absolute Gasteiger partial charge is 0.246 e. The maximum absolute atomic E-state index is 13.5. The summed E-state index contributed by atoms with van der Waals surface area (Å²) in [6.45, 7) is 0.0898. The van der Waals surface area contributed by atoms with Crippen molar-refractivity contribution in [3.63, 3.8) is 0 Å². The summed E-state index contributed by atoms with van der Waals surface area (Å²) in [5, 5.41) is 28.8. The molecule has 176 valence electrons. The number of rotatable bonds is 5. The fourth-order valence-electron chi connectivity index (χ4n) is 4.11. The summed E-state index contributed by atoms with van der Waals surface area (Å²) in [7, 11) is 1.57. The maximum Gasteiger partial charge on any atom is 0.246 e. The molecule has 0 saturated carbocycles.